The Balaban J connectivity index is 1.78. The van der Waals surface area contributed by atoms with E-state index in [4.69, 9.17) is 4.74 Å². The molecule has 1 atom stereocenters. The smallest absolute Gasteiger partial charge is 0.410 e. The van der Waals surface area contributed by atoms with Gasteiger partial charge in [0.1, 0.15) is 5.60 Å². The van der Waals surface area contributed by atoms with Crippen LogP contribution in [0.2, 0.25) is 0 Å². The van der Waals surface area contributed by atoms with Crippen molar-refractivity contribution in [1.82, 2.24) is 19.6 Å². The lowest BCUT2D eigenvalue weighted by molar-refractivity contribution is 0.0101. The molecule has 124 valence electrons. The number of nitrogens with zero attached hydrogens (tertiary/aromatic N) is 4. The summed E-state index contributed by atoms with van der Waals surface area (Å²) in [5.41, 5.74) is 0.349. The first kappa shape index (κ1) is 16.8. The van der Waals surface area contributed by atoms with Crippen LogP contribution in [0, 0.1) is 0 Å². The Morgan fingerprint density at radius 3 is 2.50 bits per heavy atom. The molecule has 7 heteroatoms. The number of aliphatic hydroxyl groups is 1. The van der Waals surface area contributed by atoms with E-state index in [-0.39, 0.29) is 6.09 Å². The first-order valence-electron chi connectivity index (χ1n) is 7.61. The average Bonchev–Trinajstić information content (AvgIpc) is 2.84. The van der Waals surface area contributed by atoms with Crippen LogP contribution in [-0.2, 0) is 11.8 Å². The minimum atomic E-state index is -0.554. The molecule has 0 aliphatic carbocycles. The SMILES string of the molecule is Cn1cc([C@@H](O)CN2CCN(C(=O)OC(C)(C)C)CC2)cn1. The molecule has 0 radical (unpaired) electrons. The van der Waals surface area contributed by atoms with Crippen molar-refractivity contribution in [3.8, 4) is 0 Å². The lowest BCUT2D eigenvalue weighted by atomic mass is 10.2. The van der Waals surface area contributed by atoms with Gasteiger partial charge >= 0.3 is 6.09 Å². The molecule has 7 nitrogen and oxygen atoms in total. The molecule has 1 aromatic rings. The standard InChI is InChI=1S/C15H26N4O3/c1-15(2,3)22-14(21)19-7-5-18(6-8-19)11-13(20)12-9-16-17(4)10-12/h9-10,13,20H,5-8,11H2,1-4H3/t13-/m0/s1. The zero-order valence-electron chi connectivity index (χ0n) is 13.8. The van der Waals surface area contributed by atoms with E-state index in [1.807, 2.05) is 34.0 Å². The first-order valence-corrected chi connectivity index (χ1v) is 7.61. The summed E-state index contributed by atoms with van der Waals surface area (Å²) in [5.74, 6) is 0. The van der Waals surface area contributed by atoms with Crippen LogP contribution in [0.3, 0.4) is 0 Å². The second-order valence-electron chi connectivity index (χ2n) is 6.73. The summed E-state index contributed by atoms with van der Waals surface area (Å²) in [6.45, 7) is 8.85. The maximum absolute atomic E-state index is 12.0. The van der Waals surface area contributed by atoms with Crippen molar-refractivity contribution >= 4 is 6.09 Å². The van der Waals surface area contributed by atoms with Crippen molar-refractivity contribution in [3.63, 3.8) is 0 Å². The zero-order valence-corrected chi connectivity index (χ0v) is 13.8. The van der Waals surface area contributed by atoms with Crippen LogP contribution in [0.15, 0.2) is 12.4 Å². The topological polar surface area (TPSA) is 70.8 Å². The van der Waals surface area contributed by atoms with Gasteiger partial charge in [0.05, 0.1) is 12.3 Å². The highest BCUT2D eigenvalue weighted by Crippen LogP contribution is 2.16. The largest absolute Gasteiger partial charge is 0.444 e. The summed E-state index contributed by atoms with van der Waals surface area (Å²) >= 11 is 0. The number of aryl methyl sites for hydroxylation is 1. The van der Waals surface area contributed by atoms with Crippen molar-refractivity contribution in [1.29, 1.82) is 0 Å². The summed E-state index contributed by atoms with van der Waals surface area (Å²) in [6.07, 6.45) is 2.69. The predicted octanol–water partition coefficient (Wildman–Crippen LogP) is 1.01. The second kappa shape index (κ2) is 6.66. The number of hydrogen-bond acceptors (Lipinski definition) is 5. The van der Waals surface area contributed by atoms with Gasteiger partial charge in [0.15, 0.2) is 0 Å². The van der Waals surface area contributed by atoms with E-state index in [2.05, 4.69) is 10.00 Å². The predicted molar refractivity (Wildman–Crippen MR) is 82.4 cm³/mol. The van der Waals surface area contributed by atoms with Crippen LogP contribution < -0.4 is 0 Å². The van der Waals surface area contributed by atoms with E-state index < -0.39 is 11.7 Å². The summed E-state index contributed by atoms with van der Waals surface area (Å²) in [7, 11) is 1.83. The fraction of sp³-hybridized carbons (Fsp3) is 0.733. The molecule has 1 aliphatic rings. The first-order chi connectivity index (χ1) is 10.2. The molecule has 1 N–H and O–H groups in total. The van der Waals surface area contributed by atoms with Gasteiger partial charge < -0.3 is 14.7 Å². The zero-order chi connectivity index (χ0) is 16.3. The Hall–Kier alpha value is -1.60. The van der Waals surface area contributed by atoms with E-state index >= 15 is 0 Å². The summed E-state index contributed by atoms with van der Waals surface area (Å²) in [4.78, 5) is 15.9. The molecule has 1 saturated heterocycles. The third kappa shape index (κ3) is 4.71. The maximum Gasteiger partial charge on any atom is 0.410 e. The molecular formula is C15H26N4O3. The number of carbonyl (C=O) groups excluding carboxylic acids is 1. The van der Waals surface area contributed by atoms with Gasteiger partial charge in [0, 0.05) is 51.5 Å². The number of β-amino-alcohol motifs (C(OH)–C–C–N with tert-alkyl or cyclic N) is 1. The van der Waals surface area contributed by atoms with Crippen molar-refractivity contribution in [2.45, 2.75) is 32.5 Å². The lowest BCUT2D eigenvalue weighted by Crippen LogP contribution is -2.50. The molecule has 2 rings (SSSR count). The number of ether oxygens (including phenoxy) is 1. The van der Waals surface area contributed by atoms with Gasteiger partial charge in [-0.25, -0.2) is 4.79 Å². The molecule has 1 aliphatic heterocycles. The molecule has 1 aromatic heterocycles. The van der Waals surface area contributed by atoms with Crippen molar-refractivity contribution in [3.05, 3.63) is 18.0 Å². The summed E-state index contributed by atoms with van der Waals surface area (Å²) in [6, 6.07) is 0. The van der Waals surface area contributed by atoms with E-state index in [1.54, 1.807) is 15.8 Å². The normalized spacial score (nSPS) is 18.3. The van der Waals surface area contributed by atoms with Gasteiger partial charge in [-0.15, -0.1) is 0 Å². The Kier molecular flexibility index (Phi) is 5.08. The minimum Gasteiger partial charge on any atom is -0.444 e. The van der Waals surface area contributed by atoms with Crippen LogP contribution in [0.1, 0.15) is 32.4 Å². The van der Waals surface area contributed by atoms with E-state index in [1.165, 1.54) is 0 Å². The molecule has 22 heavy (non-hydrogen) atoms. The van der Waals surface area contributed by atoms with E-state index in [9.17, 15) is 9.90 Å². The number of carbonyl (C=O) groups is 1. The highest BCUT2D eigenvalue weighted by atomic mass is 16.6. The third-order valence-electron chi connectivity index (χ3n) is 3.56. The third-order valence-corrected chi connectivity index (χ3v) is 3.56. The van der Waals surface area contributed by atoms with Crippen molar-refractivity contribution in [2.24, 2.45) is 7.05 Å². The molecule has 0 unspecified atom stereocenters. The molecule has 2 heterocycles. The van der Waals surface area contributed by atoms with Gasteiger partial charge in [0.2, 0.25) is 0 Å². The Morgan fingerprint density at radius 1 is 1.36 bits per heavy atom. The molecule has 1 amide bonds. The molecule has 0 aromatic carbocycles. The van der Waals surface area contributed by atoms with Gasteiger partial charge in [-0.05, 0) is 20.8 Å². The number of aliphatic hydroxyl groups excluding tert-OH is 1. The quantitative estimate of drug-likeness (QED) is 0.902. The Bertz CT molecular complexity index is 501. The minimum absolute atomic E-state index is 0.264. The fourth-order valence-electron chi connectivity index (χ4n) is 2.40. The van der Waals surface area contributed by atoms with E-state index in [0.29, 0.717) is 19.6 Å². The molecule has 0 spiro atoms. The van der Waals surface area contributed by atoms with Crippen LogP contribution in [0.5, 0.6) is 0 Å². The van der Waals surface area contributed by atoms with Crippen LogP contribution >= 0.6 is 0 Å². The number of rotatable bonds is 3. The monoisotopic (exact) mass is 310 g/mol. The van der Waals surface area contributed by atoms with Gasteiger partial charge in [0.25, 0.3) is 0 Å². The maximum atomic E-state index is 12.0. The molecule has 1 fully saturated rings. The van der Waals surface area contributed by atoms with Crippen molar-refractivity contribution < 1.29 is 14.6 Å². The number of piperazine rings is 1. The molecule has 0 saturated carbocycles. The van der Waals surface area contributed by atoms with Crippen LogP contribution in [0.4, 0.5) is 4.79 Å². The van der Waals surface area contributed by atoms with Crippen molar-refractivity contribution in [2.75, 3.05) is 32.7 Å². The van der Waals surface area contributed by atoms with Gasteiger partial charge in [-0.1, -0.05) is 0 Å². The van der Waals surface area contributed by atoms with Gasteiger partial charge in [-0.2, -0.15) is 5.10 Å². The molecule has 0 bridgehead atoms. The highest BCUT2D eigenvalue weighted by Gasteiger charge is 2.26. The lowest BCUT2D eigenvalue weighted by Gasteiger charge is -2.36. The molecular weight excluding hydrogens is 284 g/mol. The second-order valence-corrected chi connectivity index (χ2v) is 6.73. The van der Waals surface area contributed by atoms with Crippen LogP contribution in [0.25, 0.3) is 0 Å². The Morgan fingerprint density at radius 2 is 2.00 bits per heavy atom. The van der Waals surface area contributed by atoms with E-state index in [0.717, 1.165) is 18.7 Å². The highest BCUT2D eigenvalue weighted by molar-refractivity contribution is 5.68. The fourth-order valence-corrected chi connectivity index (χ4v) is 2.40. The number of hydrogen-bond donors (Lipinski definition) is 1. The summed E-state index contributed by atoms with van der Waals surface area (Å²) < 4.78 is 7.05. The van der Waals surface area contributed by atoms with Gasteiger partial charge in [-0.3, -0.25) is 9.58 Å². The average molecular weight is 310 g/mol. The summed E-state index contributed by atoms with van der Waals surface area (Å²) in [5, 5.41) is 14.3. The Labute approximate surface area is 131 Å². The van der Waals surface area contributed by atoms with Crippen LogP contribution in [-0.4, -0.2) is 69.1 Å². The number of aromatic nitrogens is 2. The number of amides is 1.